The average Bonchev–Trinajstić information content (AvgIpc) is 3.24. The van der Waals surface area contributed by atoms with Crippen LogP contribution in [0.25, 0.3) is 16.6 Å². The maximum atomic E-state index is 13.7. The standard InChI is InChI=1S/C32H32F3NO6/c1-6-28(31(38)40-18-19(2)3)41-24-9-7-8-22(16-24)36-20(4)29(30(37)21-10-12-23(39-5)13-11-21)26-15-14-25(17-27(26)36)42-32(33,34)35/h7-17,19,28H,6,18H2,1-5H3/t28-/m1/s1. The fraction of sp³-hybridized carbons (Fsp3) is 0.312. The third kappa shape index (κ3) is 6.87. The number of methoxy groups -OCH3 is 1. The largest absolute Gasteiger partial charge is 0.573 e. The summed E-state index contributed by atoms with van der Waals surface area (Å²) >= 11 is 0. The average molecular weight is 584 g/mol. The van der Waals surface area contributed by atoms with E-state index in [1.54, 1.807) is 66.9 Å². The van der Waals surface area contributed by atoms with Gasteiger partial charge in [-0.3, -0.25) is 4.79 Å². The highest BCUT2D eigenvalue weighted by Gasteiger charge is 2.32. The van der Waals surface area contributed by atoms with E-state index >= 15 is 0 Å². The number of carbonyl (C=O) groups excluding carboxylic acids is 2. The maximum absolute atomic E-state index is 13.7. The minimum atomic E-state index is -4.89. The molecule has 10 heteroatoms. The van der Waals surface area contributed by atoms with Crippen LogP contribution in [0.15, 0.2) is 66.7 Å². The summed E-state index contributed by atoms with van der Waals surface area (Å²) in [5.74, 6) is -0.123. The van der Waals surface area contributed by atoms with Gasteiger partial charge in [0.1, 0.15) is 17.2 Å². The van der Waals surface area contributed by atoms with Crippen molar-refractivity contribution in [2.45, 2.75) is 46.6 Å². The molecule has 0 spiro atoms. The van der Waals surface area contributed by atoms with Gasteiger partial charge in [-0.25, -0.2) is 4.79 Å². The van der Waals surface area contributed by atoms with Crippen molar-refractivity contribution in [1.29, 1.82) is 0 Å². The summed E-state index contributed by atoms with van der Waals surface area (Å²) in [7, 11) is 1.52. The zero-order valence-corrected chi connectivity index (χ0v) is 24.0. The quantitative estimate of drug-likeness (QED) is 0.135. The van der Waals surface area contributed by atoms with Crippen molar-refractivity contribution in [3.05, 3.63) is 83.6 Å². The number of aromatic nitrogens is 1. The lowest BCUT2D eigenvalue weighted by Gasteiger charge is -2.18. The molecule has 7 nitrogen and oxygen atoms in total. The van der Waals surface area contributed by atoms with E-state index in [0.717, 1.165) is 0 Å². The minimum Gasteiger partial charge on any atom is -0.497 e. The third-order valence-corrected chi connectivity index (χ3v) is 6.54. The Balaban J connectivity index is 1.80. The van der Waals surface area contributed by atoms with Crippen LogP contribution >= 0.6 is 0 Å². The fourth-order valence-electron chi connectivity index (χ4n) is 4.60. The molecule has 3 aromatic carbocycles. The monoisotopic (exact) mass is 583 g/mol. The first-order chi connectivity index (χ1) is 19.9. The summed E-state index contributed by atoms with van der Waals surface area (Å²) in [6.45, 7) is 7.64. The summed E-state index contributed by atoms with van der Waals surface area (Å²) in [6, 6.07) is 17.2. The molecule has 1 heterocycles. The second kappa shape index (κ2) is 12.6. The van der Waals surface area contributed by atoms with Crippen molar-refractivity contribution in [3.8, 4) is 22.9 Å². The Hall–Kier alpha value is -4.47. The van der Waals surface area contributed by atoms with Gasteiger partial charge >= 0.3 is 12.3 Å². The van der Waals surface area contributed by atoms with E-state index in [-0.39, 0.29) is 18.3 Å². The number of ketones is 1. The molecule has 0 amide bonds. The highest BCUT2D eigenvalue weighted by molar-refractivity contribution is 6.18. The number of halogens is 3. The topological polar surface area (TPSA) is 76.0 Å². The van der Waals surface area contributed by atoms with E-state index < -0.39 is 24.2 Å². The highest BCUT2D eigenvalue weighted by atomic mass is 19.4. The van der Waals surface area contributed by atoms with Crippen molar-refractivity contribution >= 4 is 22.7 Å². The van der Waals surface area contributed by atoms with Crippen molar-refractivity contribution in [2.75, 3.05) is 13.7 Å². The predicted octanol–water partition coefficient (Wildman–Crippen LogP) is 7.43. The van der Waals surface area contributed by atoms with Crippen molar-refractivity contribution in [2.24, 2.45) is 5.92 Å². The van der Waals surface area contributed by atoms with Gasteiger partial charge in [-0.15, -0.1) is 13.2 Å². The predicted molar refractivity (Wildman–Crippen MR) is 152 cm³/mol. The van der Waals surface area contributed by atoms with Gasteiger partial charge in [-0.2, -0.15) is 0 Å². The highest BCUT2D eigenvalue weighted by Crippen LogP contribution is 2.36. The van der Waals surface area contributed by atoms with Crippen LogP contribution in [-0.4, -0.2) is 42.5 Å². The fourth-order valence-corrected chi connectivity index (χ4v) is 4.60. The molecule has 1 aromatic heterocycles. The van der Waals surface area contributed by atoms with Gasteiger partial charge in [0.05, 0.1) is 24.8 Å². The number of ether oxygens (including phenoxy) is 4. The number of rotatable bonds is 11. The van der Waals surface area contributed by atoms with Gasteiger partial charge in [0.2, 0.25) is 0 Å². The number of nitrogens with zero attached hydrogens (tertiary/aromatic N) is 1. The van der Waals surface area contributed by atoms with E-state index in [1.165, 1.54) is 25.3 Å². The van der Waals surface area contributed by atoms with Gasteiger partial charge in [0.25, 0.3) is 0 Å². The van der Waals surface area contributed by atoms with Crippen LogP contribution in [0.5, 0.6) is 17.2 Å². The smallest absolute Gasteiger partial charge is 0.497 e. The first-order valence-electron chi connectivity index (χ1n) is 13.4. The second-order valence-electron chi connectivity index (χ2n) is 10.1. The minimum absolute atomic E-state index is 0.167. The lowest BCUT2D eigenvalue weighted by molar-refractivity contribution is -0.274. The maximum Gasteiger partial charge on any atom is 0.573 e. The SMILES string of the molecule is CC[C@@H](Oc1cccc(-n2c(C)c(C(=O)c3ccc(OC)cc3)c3ccc(OC(F)(F)F)cc32)c1)C(=O)OCC(C)C. The normalized spacial score (nSPS) is 12.3. The van der Waals surface area contributed by atoms with Crippen LogP contribution in [0.4, 0.5) is 13.2 Å². The Morgan fingerprint density at radius 2 is 1.62 bits per heavy atom. The molecule has 0 aliphatic rings. The zero-order chi connectivity index (χ0) is 30.6. The van der Waals surface area contributed by atoms with Gasteiger partial charge in [-0.1, -0.05) is 26.8 Å². The molecule has 4 aromatic rings. The molecule has 0 saturated carbocycles. The summed E-state index contributed by atoms with van der Waals surface area (Å²) in [5.41, 5.74) is 2.04. The van der Waals surface area contributed by atoms with Gasteiger partial charge in [0.15, 0.2) is 11.9 Å². The Kier molecular flexibility index (Phi) is 9.14. The van der Waals surface area contributed by atoms with E-state index in [2.05, 4.69) is 4.74 Å². The number of alkyl halides is 3. The molecule has 42 heavy (non-hydrogen) atoms. The Labute approximate surface area is 241 Å². The molecular formula is C32H32F3NO6. The summed E-state index contributed by atoms with van der Waals surface area (Å²) in [6.07, 6.45) is -5.37. The van der Waals surface area contributed by atoms with E-state index in [4.69, 9.17) is 14.2 Å². The first-order valence-corrected chi connectivity index (χ1v) is 13.4. The molecule has 0 N–H and O–H groups in total. The van der Waals surface area contributed by atoms with Gasteiger partial charge in [0, 0.05) is 34.5 Å². The van der Waals surface area contributed by atoms with Crippen LogP contribution < -0.4 is 14.2 Å². The molecule has 0 radical (unpaired) electrons. The van der Waals surface area contributed by atoms with Crippen LogP contribution in [0.1, 0.15) is 48.8 Å². The molecule has 0 fully saturated rings. The number of hydrogen-bond acceptors (Lipinski definition) is 6. The molecular weight excluding hydrogens is 551 g/mol. The molecule has 0 unspecified atom stereocenters. The summed E-state index contributed by atoms with van der Waals surface area (Å²) in [5, 5.41) is 0.442. The molecule has 1 atom stereocenters. The molecule has 0 aliphatic carbocycles. The number of hydrogen-bond donors (Lipinski definition) is 0. The molecule has 0 aliphatic heterocycles. The van der Waals surface area contributed by atoms with Crippen LogP contribution in [0.2, 0.25) is 0 Å². The molecule has 0 bridgehead atoms. The van der Waals surface area contributed by atoms with Crippen LogP contribution in [0.3, 0.4) is 0 Å². The Morgan fingerprint density at radius 3 is 2.24 bits per heavy atom. The van der Waals surface area contributed by atoms with E-state index in [9.17, 15) is 22.8 Å². The Morgan fingerprint density at radius 1 is 0.929 bits per heavy atom. The third-order valence-electron chi connectivity index (χ3n) is 6.54. The summed E-state index contributed by atoms with van der Waals surface area (Å²) in [4.78, 5) is 26.3. The first kappa shape index (κ1) is 30.5. The van der Waals surface area contributed by atoms with Crippen LogP contribution in [0, 0.1) is 12.8 Å². The summed E-state index contributed by atoms with van der Waals surface area (Å²) < 4.78 is 61.6. The lowest BCUT2D eigenvalue weighted by atomic mass is 10.0. The van der Waals surface area contributed by atoms with Gasteiger partial charge < -0.3 is 23.5 Å². The van der Waals surface area contributed by atoms with E-state index in [1.807, 2.05) is 13.8 Å². The molecule has 0 saturated heterocycles. The van der Waals surface area contributed by atoms with Crippen molar-refractivity contribution in [1.82, 2.24) is 4.57 Å². The number of benzene rings is 3. The van der Waals surface area contributed by atoms with Crippen LogP contribution in [-0.2, 0) is 9.53 Å². The molecule has 4 rings (SSSR count). The number of fused-ring (bicyclic) bond motifs is 1. The van der Waals surface area contributed by atoms with Gasteiger partial charge in [-0.05, 0) is 67.8 Å². The number of esters is 1. The van der Waals surface area contributed by atoms with E-state index in [0.29, 0.717) is 51.3 Å². The Bertz CT molecular complexity index is 1570. The number of carbonyl (C=O) groups is 2. The zero-order valence-electron chi connectivity index (χ0n) is 24.0. The lowest BCUT2D eigenvalue weighted by Crippen LogP contribution is -2.29. The van der Waals surface area contributed by atoms with Crippen molar-refractivity contribution in [3.63, 3.8) is 0 Å². The second-order valence-corrected chi connectivity index (χ2v) is 10.1. The van der Waals surface area contributed by atoms with Crippen molar-refractivity contribution < 1.29 is 41.7 Å². The molecule has 222 valence electrons.